The topological polar surface area (TPSA) is 193 Å². The van der Waals surface area contributed by atoms with E-state index in [1.807, 2.05) is 0 Å². The molecule has 0 saturated heterocycles. The number of nitrogens with zero attached hydrogens (tertiary/aromatic N) is 1. The largest absolute Gasteiger partial charge is 0.490 e. The predicted molar refractivity (Wildman–Crippen MR) is 152 cm³/mol. The molecule has 0 aliphatic carbocycles. The standard InChI is InChI=1S/C26H32FN5O6.C2HF3O2/c1-6-32(26(36)38-16(5)37-25(35)14(3)28)10-9-29-24(34)22-13(2)21(30-15(22)4)12-19-18-11-17(27)7-8-20(18)31-23(19)33;3-2(4,5)1(6)7/h7-8,11-12,14,16,30H,6,9-10,28H2,1-5H3,(H,29,34)(H,31,33);(H,6,7)/b19-12-;. The number of carboxylic acids is 1. The van der Waals surface area contributed by atoms with Crippen LogP contribution in [0.2, 0.25) is 0 Å². The van der Waals surface area contributed by atoms with Gasteiger partial charge in [0.2, 0.25) is 6.29 Å². The fraction of sp³-hybridized carbons (Fsp3) is 0.393. The average molecular weight is 644 g/mol. The Morgan fingerprint density at radius 1 is 1.16 bits per heavy atom. The fourth-order valence-electron chi connectivity index (χ4n) is 3.99. The number of hydrogen-bond acceptors (Lipinski definition) is 8. The van der Waals surface area contributed by atoms with E-state index in [0.29, 0.717) is 40.3 Å². The van der Waals surface area contributed by atoms with Crippen molar-refractivity contribution in [2.75, 3.05) is 25.0 Å². The van der Waals surface area contributed by atoms with Crippen LogP contribution in [0.25, 0.3) is 11.6 Å². The van der Waals surface area contributed by atoms with Gasteiger partial charge in [-0.3, -0.25) is 14.4 Å². The number of hydrogen-bond donors (Lipinski definition) is 5. The number of ether oxygens (including phenoxy) is 2. The molecule has 0 fully saturated rings. The second kappa shape index (κ2) is 15.2. The van der Waals surface area contributed by atoms with Gasteiger partial charge < -0.3 is 40.8 Å². The lowest BCUT2D eigenvalue weighted by Gasteiger charge is -2.23. The summed E-state index contributed by atoms with van der Waals surface area (Å²) in [6.45, 7) is 8.65. The van der Waals surface area contributed by atoms with E-state index in [0.717, 1.165) is 0 Å². The first-order chi connectivity index (χ1) is 20.9. The highest BCUT2D eigenvalue weighted by molar-refractivity contribution is 6.34. The van der Waals surface area contributed by atoms with E-state index in [-0.39, 0.29) is 30.5 Å². The monoisotopic (exact) mass is 643 g/mol. The molecule has 2 heterocycles. The smallest absolute Gasteiger partial charge is 0.475 e. The Kier molecular flexibility index (Phi) is 12.2. The number of carbonyl (C=O) groups excluding carboxylic acids is 4. The highest BCUT2D eigenvalue weighted by Gasteiger charge is 2.38. The van der Waals surface area contributed by atoms with Gasteiger partial charge in [0.15, 0.2) is 0 Å². The third-order valence-corrected chi connectivity index (χ3v) is 6.23. The molecule has 17 heteroatoms. The first-order valence-electron chi connectivity index (χ1n) is 13.4. The van der Waals surface area contributed by atoms with Crippen LogP contribution in [0, 0.1) is 19.7 Å². The van der Waals surface area contributed by atoms with Crippen molar-refractivity contribution in [2.45, 2.75) is 53.1 Å². The molecule has 1 aromatic heterocycles. The van der Waals surface area contributed by atoms with Crippen molar-refractivity contribution in [3.8, 4) is 0 Å². The number of nitrogens with one attached hydrogen (secondary N) is 3. The summed E-state index contributed by atoms with van der Waals surface area (Å²) < 4.78 is 55.5. The summed E-state index contributed by atoms with van der Waals surface area (Å²) in [5, 5.41) is 12.6. The maximum absolute atomic E-state index is 13.8. The van der Waals surface area contributed by atoms with Gasteiger partial charge in [0.1, 0.15) is 11.9 Å². The molecule has 0 saturated carbocycles. The van der Waals surface area contributed by atoms with Crippen LogP contribution in [-0.2, 0) is 23.9 Å². The number of rotatable bonds is 9. The number of alkyl halides is 3. The Bertz CT molecular complexity index is 1490. The second-order valence-corrected chi connectivity index (χ2v) is 9.68. The van der Waals surface area contributed by atoms with Crippen molar-refractivity contribution < 1.29 is 56.1 Å². The molecule has 45 heavy (non-hydrogen) atoms. The van der Waals surface area contributed by atoms with Crippen molar-refractivity contribution in [3.05, 3.63) is 52.1 Å². The summed E-state index contributed by atoms with van der Waals surface area (Å²) in [5.74, 6) is -4.65. The number of nitrogens with two attached hydrogens (primary N) is 1. The number of aromatic nitrogens is 1. The third-order valence-electron chi connectivity index (χ3n) is 6.23. The quantitative estimate of drug-likeness (QED) is 0.118. The van der Waals surface area contributed by atoms with E-state index in [1.165, 1.54) is 36.9 Å². The first kappa shape index (κ1) is 36.3. The highest BCUT2D eigenvalue weighted by atomic mass is 19.4. The number of aliphatic carboxylic acids is 1. The maximum Gasteiger partial charge on any atom is 0.490 e. The van der Waals surface area contributed by atoms with Crippen LogP contribution < -0.4 is 16.4 Å². The summed E-state index contributed by atoms with van der Waals surface area (Å²) in [6.07, 6.45) is -5.32. The molecule has 2 aromatic rings. The number of carbonyl (C=O) groups is 5. The summed E-state index contributed by atoms with van der Waals surface area (Å²) in [5.41, 5.74) is 8.82. The zero-order chi connectivity index (χ0) is 34.2. The molecule has 246 valence electrons. The van der Waals surface area contributed by atoms with Gasteiger partial charge in [0.05, 0.1) is 11.1 Å². The minimum atomic E-state index is -5.08. The number of fused-ring (bicyclic) bond motifs is 1. The molecule has 6 N–H and O–H groups in total. The average Bonchev–Trinajstić information content (AvgIpc) is 3.39. The molecule has 0 spiro atoms. The number of aryl methyl sites for hydroxylation is 1. The van der Waals surface area contributed by atoms with Crippen LogP contribution in [0.3, 0.4) is 0 Å². The van der Waals surface area contributed by atoms with Crippen LogP contribution in [0.1, 0.15) is 53.6 Å². The number of aromatic amines is 1. The number of likely N-dealkylation sites (N-methyl/N-ethyl adjacent to an activating group) is 1. The number of carboxylic acid groups (broad SMARTS) is 1. The summed E-state index contributed by atoms with van der Waals surface area (Å²) in [7, 11) is 0. The Morgan fingerprint density at radius 3 is 2.33 bits per heavy atom. The highest BCUT2D eigenvalue weighted by Crippen LogP contribution is 2.34. The Labute approximate surface area is 254 Å². The number of anilines is 1. The van der Waals surface area contributed by atoms with Gasteiger partial charge in [-0.2, -0.15) is 13.2 Å². The number of halogens is 4. The lowest BCUT2D eigenvalue weighted by molar-refractivity contribution is -0.192. The van der Waals surface area contributed by atoms with E-state index in [4.69, 9.17) is 25.1 Å². The maximum atomic E-state index is 13.8. The minimum absolute atomic E-state index is 0.130. The van der Waals surface area contributed by atoms with E-state index in [2.05, 4.69) is 15.6 Å². The molecule has 2 unspecified atom stereocenters. The summed E-state index contributed by atoms with van der Waals surface area (Å²) in [4.78, 5) is 62.7. The van der Waals surface area contributed by atoms with Crippen LogP contribution in [0.15, 0.2) is 18.2 Å². The summed E-state index contributed by atoms with van der Waals surface area (Å²) in [6, 6.07) is 3.20. The van der Waals surface area contributed by atoms with Crippen molar-refractivity contribution in [3.63, 3.8) is 0 Å². The number of amides is 3. The molecule has 1 aliphatic heterocycles. The van der Waals surface area contributed by atoms with Crippen molar-refractivity contribution in [1.82, 2.24) is 15.2 Å². The molecule has 3 amide bonds. The molecule has 1 aromatic carbocycles. The molecular formula is C28H33F4N5O8. The van der Waals surface area contributed by atoms with Gasteiger partial charge in [0.25, 0.3) is 11.8 Å². The van der Waals surface area contributed by atoms with E-state index >= 15 is 0 Å². The Morgan fingerprint density at radius 2 is 1.78 bits per heavy atom. The zero-order valence-corrected chi connectivity index (χ0v) is 24.9. The Hall–Kier alpha value is -4.93. The lowest BCUT2D eigenvalue weighted by atomic mass is 10.0. The molecule has 3 rings (SSSR count). The molecule has 1 aliphatic rings. The lowest BCUT2D eigenvalue weighted by Crippen LogP contribution is -2.41. The van der Waals surface area contributed by atoms with Crippen molar-refractivity contribution in [1.29, 1.82) is 0 Å². The molecule has 0 radical (unpaired) electrons. The van der Waals surface area contributed by atoms with Crippen molar-refractivity contribution >= 4 is 47.2 Å². The number of esters is 1. The van der Waals surface area contributed by atoms with Crippen LogP contribution in [0.5, 0.6) is 0 Å². The first-order valence-corrected chi connectivity index (χ1v) is 13.4. The van der Waals surface area contributed by atoms with Crippen molar-refractivity contribution in [2.24, 2.45) is 5.73 Å². The van der Waals surface area contributed by atoms with Crippen LogP contribution in [-0.4, -0.2) is 83.0 Å². The summed E-state index contributed by atoms with van der Waals surface area (Å²) >= 11 is 0. The van der Waals surface area contributed by atoms with Gasteiger partial charge >= 0.3 is 24.2 Å². The van der Waals surface area contributed by atoms with Gasteiger partial charge in [-0.15, -0.1) is 0 Å². The molecule has 2 atom stereocenters. The SMILES string of the molecule is CCN(CCNC(=O)c1c(C)[nH]c(/C=C2\C(=O)Nc3ccc(F)cc32)c1C)C(=O)OC(C)OC(=O)C(C)N.O=C(O)C(F)(F)F. The third kappa shape index (κ3) is 9.79. The van der Waals surface area contributed by atoms with Gasteiger partial charge in [-0.1, -0.05) is 0 Å². The van der Waals surface area contributed by atoms with Gasteiger partial charge in [-0.05, 0) is 57.5 Å². The van der Waals surface area contributed by atoms with E-state index in [9.17, 15) is 36.7 Å². The number of H-pyrrole nitrogens is 1. The van der Waals surface area contributed by atoms with E-state index in [1.54, 1.807) is 26.8 Å². The second-order valence-electron chi connectivity index (χ2n) is 9.68. The minimum Gasteiger partial charge on any atom is -0.475 e. The normalized spacial score (nSPS) is 14.4. The van der Waals surface area contributed by atoms with E-state index < -0.39 is 42.4 Å². The van der Waals surface area contributed by atoms with Crippen LogP contribution >= 0.6 is 0 Å². The predicted octanol–water partition coefficient (Wildman–Crippen LogP) is 3.32. The van der Waals surface area contributed by atoms with Gasteiger partial charge in [-0.25, -0.2) is 14.0 Å². The fourth-order valence-corrected chi connectivity index (χ4v) is 3.99. The zero-order valence-electron chi connectivity index (χ0n) is 24.9. The molecule has 13 nitrogen and oxygen atoms in total. The molecular weight excluding hydrogens is 610 g/mol. The molecule has 0 bridgehead atoms. The van der Waals surface area contributed by atoms with Gasteiger partial charge in [0, 0.05) is 49.2 Å². The number of benzene rings is 1. The Balaban J connectivity index is 0.000000900. The van der Waals surface area contributed by atoms with Crippen LogP contribution in [0.4, 0.5) is 28.0 Å².